The number of aliphatic hydroxyl groups excluding tert-OH is 1. The van der Waals surface area contributed by atoms with E-state index in [2.05, 4.69) is 4.90 Å². The van der Waals surface area contributed by atoms with Crippen LogP contribution >= 0.6 is 11.3 Å². The predicted molar refractivity (Wildman–Crippen MR) is 66.3 cm³/mol. The zero-order chi connectivity index (χ0) is 11.4. The van der Waals surface area contributed by atoms with Crippen molar-refractivity contribution < 1.29 is 9.90 Å². The van der Waals surface area contributed by atoms with Gasteiger partial charge in [-0.05, 0) is 31.2 Å². The number of anilines is 1. The van der Waals surface area contributed by atoms with Gasteiger partial charge in [0.2, 0.25) is 0 Å². The third kappa shape index (κ3) is 2.62. The van der Waals surface area contributed by atoms with E-state index in [0.29, 0.717) is 5.92 Å². The highest BCUT2D eigenvalue weighted by atomic mass is 32.1. The molecule has 0 saturated carbocycles. The summed E-state index contributed by atoms with van der Waals surface area (Å²) in [6.07, 6.45) is 4.18. The van der Waals surface area contributed by atoms with Gasteiger partial charge in [0.15, 0.2) is 6.29 Å². The second-order valence-electron chi connectivity index (χ2n) is 4.29. The predicted octanol–water partition coefficient (Wildman–Crippen LogP) is 2.16. The summed E-state index contributed by atoms with van der Waals surface area (Å²) < 4.78 is 0. The van der Waals surface area contributed by atoms with Crippen LogP contribution in [0.4, 0.5) is 5.69 Å². The van der Waals surface area contributed by atoms with Crippen LogP contribution in [0.25, 0.3) is 0 Å². The molecule has 0 bridgehead atoms. The van der Waals surface area contributed by atoms with E-state index in [1.165, 1.54) is 24.2 Å². The molecule has 1 fully saturated rings. The molecule has 16 heavy (non-hydrogen) atoms. The van der Waals surface area contributed by atoms with Crippen LogP contribution in [0.2, 0.25) is 0 Å². The lowest BCUT2D eigenvalue weighted by molar-refractivity contribution is 0.112. The zero-order valence-corrected chi connectivity index (χ0v) is 10.1. The molecule has 1 aliphatic rings. The molecular weight excluding hydrogens is 222 g/mol. The van der Waals surface area contributed by atoms with Crippen LogP contribution < -0.4 is 4.90 Å². The highest BCUT2D eigenvalue weighted by Gasteiger charge is 2.20. The van der Waals surface area contributed by atoms with Crippen molar-refractivity contribution in [1.29, 1.82) is 0 Å². The van der Waals surface area contributed by atoms with Gasteiger partial charge in [0, 0.05) is 30.8 Å². The van der Waals surface area contributed by atoms with E-state index in [0.717, 1.165) is 36.4 Å². The summed E-state index contributed by atoms with van der Waals surface area (Å²) in [6, 6.07) is 1.96. The van der Waals surface area contributed by atoms with Crippen molar-refractivity contribution in [1.82, 2.24) is 0 Å². The van der Waals surface area contributed by atoms with Gasteiger partial charge in [0.25, 0.3) is 0 Å². The number of rotatable bonds is 4. The highest BCUT2D eigenvalue weighted by molar-refractivity contribution is 7.12. The summed E-state index contributed by atoms with van der Waals surface area (Å²) in [4.78, 5) is 13.7. The number of nitrogens with zero attached hydrogens (tertiary/aromatic N) is 1. The van der Waals surface area contributed by atoms with Crippen molar-refractivity contribution in [3.63, 3.8) is 0 Å². The standard InChI is InChI=1S/C12H17NO2S/c14-5-3-10-2-1-4-13(7-10)11-6-12(8-15)16-9-11/h6,8-10,14H,1-5,7H2. The number of carbonyl (C=O) groups is 1. The molecule has 1 saturated heterocycles. The third-order valence-electron chi connectivity index (χ3n) is 3.14. The molecule has 0 aromatic carbocycles. The number of thiophene rings is 1. The van der Waals surface area contributed by atoms with E-state index in [4.69, 9.17) is 5.11 Å². The maximum Gasteiger partial charge on any atom is 0.160 e. The summed E-state index contributed by atoms with van der Waals surface area (Å²) in [5.74, 6) is 0.596. The van der Waals surface area contributed by atoms with Gasteiger partial charge in [-0.25, -0.2) is 0 Å². The fraction of sp³-hybridized carbons (Fsp3) is 0.583. The Hall–Kier alpha value is -0.870. The van der Waals surface area contributed by atoms with Gasteiger partial charge in [0.05, 0.1) is 4.88 Å². The molecule has 0 spiro atoms. The quantitative estimate of drug-likeness (QED) is 0.819. The van der Waals surface area contributed by atoms with Gasteiger partial charge >= 0.3 is 0 Å². The fourth-order valence-electron chi connectivity index (χ4n) is 2.29. The van der Waals surface area contributed by atoms with E-state index >= 15 is 0 Å². The normalized spacial score (nSPS) is 21.1. The lowest BCUT2D eigenvalue weighted by Gasteiger charge is -2.33. The van der Waals surface area contributed by atoms with Crippen LogP contribution in [-0.4, -0.2) is 31.1 Å². The van der Waals surface area contributed by atoms with Crippen LogP contribution in [-0.2, 0) is 0 Å². The minimum absolute atomic E-state index is 0.279. The first kappa shape index (κ1) is 11.6. The Kier molecular flexibility index (Phi) is 3.96. The monoisotopic (exact) mass is 239 g/mol. The molecule has 1 aliphatic heterocycles. The summed E-state index contributed by atoms with van der Waals surface area (Å²) >= 11 is 1.50. The molecule has 0 radical (unpaired) electrons. The van der Waals surface area contributed by atoms with Gasteiger partial charge in [-0.15, -0.1) is 11.3 Å². The Bertz CT molecular complexity index is 349. The first-order valence-electron chi connectivity index (χ1n) is 5.73. The lowest BCUT2D eigenvalue weighted by atomic mass is 9.95. The second kappa shape index (κ2) is 5.46. The van der Waals surface area contributed by atoms with Gasteiger partial charge in [-0.3, -0.25) is 4.79 Å². The molecule has 1 aromatic rings. The van der Waals surface area contributed by atoms with Crippen molar-refractivity contribution >= 4 is 23.3 Å². The summed E-state index contributed by atoms with van der Waals surface area (Å²) in [6.45, 7) is 2.36. The topological polar surface area (TPSA) is 40.5 Å². The maximum absolute atomic E-state index is 10.6. The minimum Gasteiger partial charge on any atom is -0.396 e. The Labute approximate surface area is 99.7 Å². The average molecular weight is 239 g/mol. The molecule has 2 heterocycles. The van der Waals surface area contributed by atoms with E-state index < -0.39 is 0 Å². The molecule has 0 amide bonds. The van der Waals surface area contributed by atoms with E-state index in [1.54, 1.807) is 0 Å². The first-order chi connectivity index (χ1) is 7.83. The smallest absolute Gasteiger partial charge is 0.160 e. The van der Waals surface area contributed by atoms with Crippen LogP contribution in [0.3, 0.4) is 0 Å². The number of carbonyl (C=O) groups excluding carboxylic acids is 1. The number of hydrogen-bond donors (Lipinski definition) is 1. The van der Waals surface area contributed by atoms with E-state index in [1.807, 2.05) is 11.4 Å². The molecule has 4 heteroatoms. The largest absolute Gasteiger partial charge is 0.396 e. The van der Waals surface area contributed by atoms with Crippen LogP contribution in [0, 0.1) is 5.92 Å². The Balaban J connectivity index is 2.00. The number of hydrogen-bond acceptors (Lipinski definition) is 4. The van der Waals surface area contributed by atoms with Gasteiger partial charge in [-0.2, -0.15) is 0 Å². The summed E-state index contributed by atoms with van der Waals surface area (Å²) in [7, 11) is 0. The van der Waals surface area contributed by atoms with Crippen LogP contribution in [0.5, 0.6) is 0 Å². The first-order valence-corrected chi connectivity index (χ1v) is 6.61. The highest BCUT2D eigenvalue weighted by Crippen LogP contribution is 2.28. The molecule has 0 aliphatic carbocycles. The number of piperidine rings is 1. The maximum atomic E-state index is 10.6. The SMILES string of the molecule is O=Cc1cc(N2CCCC(CCO)C2)cs1. The summed E-state index contributed by atoms with van der Waals surface area (Å²) in [5.41, 5.74) is 1.16. The Morgan fingerprint density at radius 3 is 3.19 bits per heavy atom. The molecule has 2 rings (SSSR count). The van der Waals surface area contributed by atoms with Crippen molar-refractivity contribution in [3.05, 3.63) is 16.3 Å². The van der Waals surface area contributed by atoms with Gasteiger partial charge < -0.3 is 10.0 Å². The van der Waals surface area contributed by atoms with Crippen LogP contribution in [0.1, 0.15) is 28.9 Å². The Morgan fingerprint density at radius 2 is 2.50 bits per heavy atom. The second-order valence-corrected chi connectivity index (χ2v) is 5.23. The molecule has 1 unspecified atom stereocenters. The van der Waals surface area contributed by atoms with Gasteiger partial charge in [0.1, 0.15) is 0 Å². The molecule has 1 aromatic heterocycles. The van der Waals surface area contributed by atoms with Gasteiger partial charge in [-0.1, -0.05) is 0 Å². The lowest BCUT2D eigenvalue weighted by Crippen LogP contribution is -2.35. The van der Waals surface area contributed by atoms with Crippen LogP contribution in [0.15, 0.2) is 11.4 Å². The minimum atomic E-state index is 0.279. The third-order valence-corrected chi connectivity index (χ3v) is 3.99. The average Bonchev–Trinajstić information content (AvgIpc) is 2.78. The molecule has 3 nitrogen and oxygen atoms in total. The summed E-state index contributed by atoms with van der Waals surface area (Å²) in [5, 5.41) is 11.0. The molecule has 88 valence electrons. The molecular formula is C12H17NO2S. The number of aliphatic hydroxyl groups is 1. The zero-order valence-electron chi connectivity index (χ0n) is 9.26. The molecule has 1 atom stereocenters. The fourth-order valence-corrected chi connectivity index (χ4v) is 3.01. The van der Waals surface area contributed by atoms with Crippen molar-refractivity contribution in [3.8, 4) is 0 Å². The van der Waals surface area contributed by atoms with E-state index in [-0.39, 0.29) is 6.61 Å². The van der Waals surface area contributed by atoms with E-state index in [9.17, 15) is 4.79 Å². The van der Waals surface area contributed by atoms with Crippen molar-refractivity contribution in [2.75, 3.05) is 24.6 Å². The van der Waals surface area contributed by atoms with Crippen molar-refractivity contribution in [2.24, 2.45) is 5.92 Å². The Morgan fingerprint density at radius 1 is 1.62 bits per heavy atom. The van der Waals surface area contributed by atoms with Crippen molar-refractivity contribution in [2.45, 2.75) is 19.3 Å². The molecule has 1 N–H and O–H groups in total. The number of aldehydes is 1.